The molecule has 5 heteroatoms. The van der Waals surface area contributed by atoms with Crippen LogP contribution in [-0.2, 0) is 9.59 Å². The van der Waals surface area contributed by atoms with Gasteiger partial charge in [-0.05, 0) is 32.1 Å². The van der Waals surface area contributed by atoms with Gasteiger partial charge in [-0.2, -0.15) is 0 Å². The minimum absolute atomic E-state index is 0.0691. The second-order valence-corrected chi connectivity index (χ2v) is 6.24. The molecule has 5 nitrogen and oxygen atoms in total. The number of piperidine rings is 1. The van der Waals surface area contributed by atoms with Crippen LogP contribution in [0.2, 0.25) is 0 Å². The molecule has 1 aliphatic carbocycles. The average molecular weight is 268 g/mol. The van der Waals surface area contributed by atoms with Crippen molar-refractivity contribution < 1.29 is 14.7 Å². The summed E-state index contributed by atoms with van der Waals surface area (Å²) in [5, 5.41) is 12.6. The number of rotatable bonds is 4. The summed E-state index contributed by atoms with van der Waals surface area (Å²) in [6.07, 6.45) is 2.59. The number of amides is 2. The molecular formula is C14H24N2O3. The second kappa shape index (κ2) is 5.49. The molecule has 0 radical (unpaired) electrons. The fourth-order valence-electron chi connectivity index (χ4n) is 2.51. The molecule has 0 bridgehead atoms. The summed E-state index contributed by atoms with van der Waals surface area (Å²) in [7, 11) is 0. The van der Waals surface area contributed by atoms with Crippen molar-refractivity contribution in [1.82, 2.24) is 10.2 Å². The molecule has 2 fully saturated rings. The van der Waals surface area contributed by atoms with E-state index in [0.29, 0.717) is 44.8 Å². The van der Waals surface area contributed by atoms with E-state index in [-0.39, 0.29) is 17.7 Å². The smallest absolute Gasteiger partial charge is 0.224 e. The van der Waals surface area contributed by atoms with E-state index in [2.05, 4.69) is 12.2 Å². The van der Waals surface area contributed by atoms with Gasteiger partial charge in [0.25, 0.3) is 0 Å². The highest BCUT2D eigenvalue weighted by atomic mass is 16.3. The number of nitrogens with zero attached hydrogens (tertiary/aromatic N) is 1. The molecule has 108 valence electrons. The number of carbonyl (C=O) groups is 2. The Bertz CT molecular complexity index is 358. The molecule has 2 aliphatic rings. The molecule has 2 unspecified atom stereocenters. The molecule has 1 aliphatic heterocycles. The number of aliphatic hydroxyl groups is 1. The zero-order valence-electron chi connectivity index (χ0n) is 11.8. The van der Waals surface area contributed by atoms with E-state index in [1.165, 1.54) is 0 Å². The van der Waals surface area contributed by atoms with Gasteiger partial charge in [0, 0.05) is 32.0 Å². The summed E-state index contributed by atoms with van der Waals surface area (Å²) in [6, 6.07) is 0. The molecule has 1 saturated heterocycles. The van der Waals surface area contributed by atoms with Crippen molar-refractivity contribution in [3.8, 4) is 0 Å². The zero-order chi connectivity index (χ0) is 14.0. The Balaban J connectivity index is 1.63. The zero-order valence-corrected chi connectivity index (χ0v) is 11.8. The van der Waals surface area contributed by atoms with Crippen molar-refractivity contribution in [3.63, 3.8) is 0 Å². The van der Waals surface area contributed by atoms with Crippen molar-refractivity contribution in [2.45, 2.75) is 45.1 Å². The molecule has 19 heavy (non-hydrogen) atoms. The highest BCUT2D eigenvalue weighted by Crippen LogP contribution is 2.37. The van der Waals surface area contributed by atoms with Gasteiger partial charge in [-0.1, -0.05) is 6.92 Å². The SMILES string of the molecule is CC1CC1C(=O)NCCC(=O)N1CCC(C)(O)CC1. The Kier molecular flexibility index (Phi) is 4.13. The summed E-state index contributed by atoms with van der Waals surface area (Å²) >= 11 is 0. The first kappa shape index (κ1) is 14.3. The number of hydrogen-bond donors (Lipinski definition) is 2. The summed E-state index contributed by atoms with van der Waals surface area (Å²) < 4.78 is 0. The van der Waals surface area contributed by atoms with Gasteiger partial charge < -0.3 is 15.3 Å². The third-order valence-electron chi connectivity index (χ3n) is 4.28. The van der Waals surface area contributed by atoms with Crippen LogP contribution in [0.15, 0.2) is 0 Å². The molecule has 0 spiro atoms. The number of carbonyl (C=O) groups excluding carboxylic acids is 2. The van der Waals surface area contributed by atoms with Crippen LogP contribution in [0.5, 0.6) is 0 Å². The summed E-state index contributed by atoms with van der Waals surface area (Å²) in [6.45, 7) is 5.52. The van der Waals surface area contributed by atoms with Crippen LogP contribution in [0, 0.1) is 11.8 Å². The monoisotopic (exact) mass is 268 g/mol. The Morgan fingerprint density at radius 3 is 2.47 bits per heavy atom. The van der Waals surface area contributed by atoms with Gasteiger partial charge in [0.1, 0.15) is 0 Å². The van der Waals surface area contributed by atoms with Crippen LogP contribution in [0.3, 0.4) is 0 Å². The Morgan fingerprint density at radius 1 is 1.37 bits per heavy atom. The maximum absolute atomic E-state index is 11.9. The van der Waals surface area contributed by atoms with Gasteiger partial charge in [-0.15, -0.1) is 0 Å². The van der Waals surface area contributed by atoms with Gasteiger partial charge in [-0.25, -0.2) is 0 Å². The number of likely N-dealkylation sites (tertiary alicyclic amines) is 1. The first-order chi connectivity index (χ1) is 8.89. The van der Waals surface area contributed by atoms with Crippen LogP contribution in [0.25, 0.3) is 0 Å². The van der Waals surface area contributed by atoms with Crippen LogP contribution in [0.4, 0.5) is 0 Å². The van der Waals surface area contributed by atoms with Gasteiger partial charge >= 0.3 is 0 Å². The van der Waals surface area contributed by atoms with E-state index in [4.69, 9.17) is 0 Å². The molecule has 2 rings (SSSR count). The largest absolute Gasteiger partial charge is 0.390 e. The molecular weight excluding hydrogens is 244 g/mol. The minimum atomic E-state index is -0.632. The van der Waals surface area contributed by atoms with Crippen LogP contribution in [0.1, 0.15) is 39.5 Å². The molecule has 1 heterocycles. The fourth-order valence-corrected chi connectivity index (χ4v) is 2.51. The van der Waals surface area contributed by atoms with E-state index < -0.39 is 5.60 Å². The summed E-state index contributed by atoms with van der Waals surface area (Å²) in [4.78, 5) is 25.3. The molecule has 1 saturated carbocycles. The third kappa shape index (κ3) is 3.93. The lowest BCUT2D eigenvalue weighted by Crippen LogP contribution is -2.45. The highest BCUT2D eigenvalue weighted by molar-refractivity contribution is 5.82. The quantitative estimate of drug-likeness (QED) is 0.781. The Hall–Kier alpha value is -1.10. The van der Waals surface area contributed by atoms with Crippen molar-refractivity contribution >= 4 is 11.8 Å². The minimum Gasteiger partial charge on any atom is -0.390 e. The lowest BCUT2D eigenvalue weighted by Gasteiger charge is -2.35. The van der Waals surface area contributed by atoms with Crippen molar-refractivity contribution in [2.24, 2.45) is 11.8 Å². The van der Waals surface area contributed by atoms with E-state index in [1.54, 1.807) is 4.90 Å². The summed E-state index contributed by atoms with van der Waals surface area (Å²) in [5.74, 6) is 0.821. The number of nitrogens with one attached hydrogen (secondary N) is 1. The molecule has 0 aromatic carbocycles. The normalized spacial score (nSPS) is 28.9. The average Bonchev–Trinajstić information content (AvgIpc) is 3.06. The van der Waals surface area contributed by atoms with Crippen LogP contribution >= 0.6 is 0 Å². The fraction of sp³-hybridized carbons (Fsp3) is 0.857. The second-order valence-electron chi connectivity index (χ2n) is 6.24. The van der Waals surface area contributed by atoms with E-state index in [9.17, 15) is 14.7 Å². The van der Waals surface area contributed by atoms with Crippen molar-refractivity contribution in [1.29, 1.82) is 0 Å². The lowest BCUT2D eigenvalue weighted by atomic mass is 9.94. The molecule has 2 amide bonds. The molecule has 2 atom stereocenters. The van der Waals surface area contributed by atoms with Crippen molar-refractivity contribution in [3.05, 3.63) is 0 Å². The molecule has 2 N–H and O–H groups in total. The third-order valence-corrected chi connectivity index (χ3v) is 4.28. The lowest BCUT2D eigenvalue weighted by molar-refractivity contribution is -0.134. The van der Waals surface area contributed by atoms with Crippen LogP contribution in [-0.4, -0.2) is 47.1 Å². The predicted molar refractivity (Wildman–Crippen MR) is 71.3 cm³/mol. The first-order valence-electron chi connectivity index (χ1n) is 7.17. The summed E-state index contributed by atoms with van der Waals surface area (Å²) in [5.41, 5.74) is -0.632. The Labute approximate surface area is 114 Å². The van der Waals surface area contributed by atoms with Gasteiger partial charge in [0.15, 0.2) is 0 Å². The van der Waals surface area contributed by atoms with E-state index in [1.807, 2.05) is 6.92 Å². The van der Waals surface area contributed by atoms with Crippen LogP contribution < -0.4 is 5.32 Å². The Morgan fingerprint density at radius 2 is 1.95 bits per heavy atom. The molecule has 0 aromatic heterocycles. The van der Waals surface area contributed by atoms with Gasteiger partial charge in [-0.3, -0.25) is 9.59 Å². The van der Waals surface area contributed by atoms with E-state index >= 15 is 0 Å². The molecule has 0 aromatic rings. The number of hydrogen-bond acceptors (Lipinski definition) is 3. The maximum atomic E-state index is 11.9. The topological polar surface area (TPSA) is 69.6 Å². The van der Waals surface area contributed by atoms with Gasteiger partial charge in [0.2, 0.25) is 11.8 Å². The first-order valence-corrected chi connectivity index (χ1v) is 7.17. The van der Waals surface area contributed by atoms with Crippen molar-refractivity contribution in [2.75, 3.05) is 19.6 Å². The maximum Gasteiger partial charge on any atom is 0.224 e. The highest BCUT2D eigenvalue weighted by Gasteiger charge is 2.38. The standard InChI is InChI=1S/C14H24N2O3/c1-10-9-11(10)13(18)15-6-3-12(17)16-7-4-14(2,19)5-8-16/h10-11,19H,3-9H2,1-2H3,(H,15,18). The predicted octanol–water partition coefficient (Wildman–Crippen LogP) is 0.522. The van der Waals surface area contributed by atoms with E-state index in [0.717, 1.165) is 6.42 Å². The van der Waals surface area contributed by atoms with Gasteiger partial charge in [0.05, 0.1) is 5.60 Å².